The molecule has 1 atom stereocenters. The van der Waals surface area contributed by atoms with Crippen LogP contribution in [0.15, 0.2) is 6.07 Å². The number of anilines is 1. The van der Waals surface area contributed by atoms with Crippen molar-refractivity contribution < 1.29 is 22.7 Å². The Morgan fingerprint density at radius 2 is 2.23 bits per heavy atom. The smallest absolute Gasteiger partial charge is 0.252 e. The number of nitrogens with zero attached hydrogens (tertiary/aromatic N) is 2. The Bertz CT molecular complexity index is 672. The normalized spacial score (nSPS) is 22.0. The van der Waals surface area contributed by atoms with E-state index < -0.39 is 17.8 Å². The average molecular weight is 372 g/mol. The molecule has 2 fully saturated rings. The summed E-state index contributed by atoms with van der Waals surface area (Å²) in [4.78, 5) is 17.6. The third-order valence-corrected chi connectivity index (χ3v) is 4.97. The van der Waals surface area contributed by atoms with Gasteiger partial charge in [-0.05, 0) is 25.5 Å². The molecule has 2 aliphatic rings. The second-order valence-electron chi connectivity index (χ2n) is 6.86. The van der Waals surface area contributed by atoms with Gasteiger partial charge in [-0.15, -0.1) is 0 Å². The quantitative estimate of drug-likeness (QED) is 0.798. The molecular weight excluding hydrogens is 349 g/mol. The maximum atomic E-state index is 14.5. The number of rotatable bonds is 6. The van der Waals surface area contributed by atoms with Crippen molar-refractivity contribution in [2.24, 2.45) is 0 Å². The Kier molecular flexibility index (Phi) is 5.27. The van der Waals surface area contributed by atoms with Crippen molar-refractivity contribution in [3.8, 4) is 5.88 Å². The molecule has 0 spiro atoms. The number of hydrogen-bond acceptors (Lipinski definition) is 5. The van der Waals surface area contributed by atoms with Crippen molar-refractivity contribution in [2.45, 2.75) is 50.2 Å². The van der Waals surface area contributed by atoms with Gasteiger partial charge in [0.1, 0.15) is 0 Å². The summed E-state index contributed by atoms with van der Waals surface area (Å²) in [5.74, 6) is -3.35. The lowest BCUT2D eigenvalue weighted by Gasteiger charge is -2.41. The zero-order valence-electron chi connectivity index (χ0n) is 14.8. The summed E-state index contributed by atoms with van der Waals surface area (Å²) >= 11 is 0. The number of hydrogen-bond donors (Lipinski definition) is 2. The highest BCUT2D eigenvalue weighted by Crippen LogP contribution is 2.41. The van der Waals surface area contributed by atoms with Gasteiger partial charge in [0, 0.05) is 38.0 Å². The first kappa shape index (κ1) is 18.8. The molecule has 3 rings (SSSR count). The molecule has 1 aliphatic heterocycles. The third-order valence-electron chi connectivity index (χ3n) is 4.97. The van der Waals surface area contributed by atoms with E-state index in [1.807, 2.05) is 0 Å². The van der Waals surface area contributed by atoms with Crippen molar-refractivity contribution in [3.05, 3.63) is 17.4 Å². The van der Waals surface area contributed by atoms with Crippen LogP contribution in [0.4, 0.5) is 19.0 Å². The fourth-order valence-corrected chi connectivity index (χ4v) is 3.34. The van der Waals surface area contributed by atoms with Gasteiger partial charge in [0.2, 0.25) is 11.8 Å². The molecule has 1 amide bonds. The van der Waals surface area contributed by atoms with Gasteiger partial charge in [0.25, 0.3) is 5.92 Å². The van der Waals surface area contributed by atoms with Gasteiger partial charge in [-0.1, -0.05) is 0 Å². The van der Waals surface area contributed by atoms with Gasteiger partial charge in [-0.3, -0.25) is 4.79 Å². The van der Waals surface area contributed by atoms with Gasteiger partial charge in [0.05, 0.1) is 13.2 Å². The van der Waals surface area contributed by atoms with Crippen LogP contribution >= 0.6 is 0 Å². The van der Waals surface area contributed by atoms with E-state index in [4.69, 9.17) is 4.74 Å². The van der Waals surface area contributed by atoms with Gasteiger partial charge < -0.3 is 20.3 Å². The highest BCUT2D eigenvalue weighted by Gasteiger charge is 2.47. The van der Waals surface area contributed by atoms with Gasteiger partial charge in [-0.2, -0.15) is 4.98 Å². The lowest BCUT2D eigenvalue weighted by Crippen LogP contribution is -2.50. The molecule has 2 heterocycles. The van der Waals surface area contributed by atoms with Crippen LogP contribution in [0.3, 0.4) is 0 Å². The fourth-order valence-electron chi connectivity index (χ4n) is 3.34. The zero-order valence-corrected chi connectivity index (χ0v) is 14.8. The maximum Gasteiger partial charge on any atom is 0.252 e. The van der Waals surface area contributed by atoms with E-state index in [0.717, 1.165) is 19.4 Å². The van der Waals surface area contributed by atoms with E-state index in [9.17, 15) is 18.0 Å². The van der Waals surface area contributed by atoms with Crippen LogP contribution in [-0.2, 0) is 11.3 Å². The van der Waals surface area contributed by atoms with Crippen LogP contribution in [-0.4, -0.2) is 49.6 Å². The molecule has 0 radical (unpaired) electrons. The highest BCUT2D eigenvalue weighted by atomic mass is 19.3. The van der Waals surface area contributed by atoms with Crippen LogP contribution < -0.4 is 20.3 Å². The summed E-state index contributed by atoms with van der Waals surface area (Å²) in [6.45, 7) is 0.883. The Morgan fingerprint density at radius 3 is 2.81 bits per heavy atom. The number of carbonyl (C=O) groups excluding carboxylic acids is 1. The predicted molar refractivity (Wildman–Crippen MR) is 90.0 cm³/mol. The predicted octanol–water partition coefficient (Wildman–Crippen LogP) is 1.83. The lowest BCUT2D eigenvalue weighted by molar-refractivity contribution is -0.122. The standard InChI is InChI=1S/C17H23F3N4O2/c1-24(11-7-17(19,20)8-11)14-12(18)6-10(16(23-14)26-2)9-22-15(25)13-4-3-5-21-13/h6,11,13,21H,3-5,7-9H2,1-2H3,(H,22,25)/t13-/m0/s1. The monoisotopic (exact) mass is 372 g/mol. The van der Waals surface area contributed by atoms with E-state index in [1.165, 1.54) is 25.1 Å². The molecule has 0 bridgehead atoms. The van der Waals surface area contributed by atoms with Crippen LogP contribution in [0.1, 0.15) is 31.2 Å². The first-order valence-corrected chi connectivity index (χ1v) is 8.66. The highest BCUT2D eigenvalue weighted by molar-refractivity contribution is 5.82. The SMILES string of the molecule is COc1nc(N(C)C2CC(F)(F)C2)c(F)cc1CNC(=O)[C@@H]1CCCN1. The number of amides is 1. The molecular formula is C17H23F3N4O2. The topological polar surface area (TPSA) is 66.5 Å². The van der Waals surface area contributed by atoms with E-state index >= 15 is 0 Å². The minimum Gasteiger partial charge on any atom is -0.481 e. The van der Waals surface area contributed by atoms with Crippen molar-refractivity contribution >= 4 is 11.7 Å². The molecule has 144 valence electrons. The number of carbonyl (C=O) groups is 1. The van der Waals surface area contributed by atoms with Gasteiger partial charge in [-0.25, -0.2) is 13.2 Å². The summed E-state index contributed by atoms with van der Waals surface area (Å²) in [6, 6.07) is 0.539. The Hall–Kier alpha value is -2.03. The Morgan fingerprint density at radius 1 is 1.50 bits per heavy atom. The molecule has 0 aromatic carbocycles. The summed E-state index contributed by atoms with van der Waals surface area (Å²) in [5, 5.41) is 5.83. The van der Waals surface area contributed by atoms with Crippen molar-refractivity contribution in [3.63, 3.8) is 0 Å². The third kappa shape index (κ3) is 3.87. The molecule has 1 saturated carbocycles. The summed E-state index contributed by atoms with van der Waals surface area (Å²) < 4.78 is 45.8. The van der Waals surface area contributed by atoms with Crippen LogP contribution in [0, 0.1) is 5.82 Å². The lowest BCUT2D eigenvalue weighted by atomic mass is 9.87. The minimum absolute atomic E-state index is 0.0325. The van der Waals surface area contributed by atoms with Crippen molar-refractivity contribution in [1.29, 1.82) is 0 Å². The fraction of sp³-hybridized carbons (Fsp3) is 0.647. The molecule has 1 aromatic rings. The van der Waals surface area contributed by atoms with Crippen molar-refractivity contribution in [2.75, 3.05) is 25.6 Å². The first-order chi connectivity index (χ1) is 12.3. The second-order valence-corrected chi connectivity index (χ2v) is 6.86. The number of alkyl halides is 2. The van der Waals surface area contributed by atoms with E-state index in [-0.39, 0.29) is 43.0 Å². The number of nitrogens with one attached hydrogen (secondary N) is 2. The number of halogens is 3. The molecule has 0 unspecified atom stereocenters. The second kappa shape index (κ2) is 7.30. The number of aromatic nitrogens is 1. The molecule has 6 nitrogen and oxygen atoms in total. The molecule has 1 aromatic heterocycles. The number of methoxy groups -OCH3 is 1. The van der Waals surface area contributed by atoms with E-state index in [2.05, 4.69) is 15.6 Å². The van der Waals surface area contributed by atoms with Gasteiger partial charge >= 0.3 is 0 Å². The van der Waals surface area contributed by atoms with Crippen LogP contribution in [0.5, 0.6) is 5.88 Å². The van der Waals surface area contributed by atoms with E-state index in [1.54, 1.807) is 0 Å². The van der Waals surface area contributed by atoms with Crippen molar-refractivity contribution in [1.82, 2.24) is 15.6 Å². The first-order valence-electron chi connectivity index (χ1n) is 8.66. The molecule has 2 N–H and O–H groups in total. The van der Waals surface area contributed by atoms with E-state index in [0.29, 0.717) is 5.56 Å². The molecule has 26 heavy (non-hydrogen) atoms. The molecule has 9 heteroatoms. The molecule has 1 saturated heterocycles. The average Bonchev–Trinajstić information content (AvgIpc) is 3.11. The number of ether oxygens (including phenoxy) is 1. The Labute approximate surface area is 150 Å². The molecule has 1 aliphatic carbocycles. The van der Waals surface area contributed by atoms with Crippen LogP contribution in [0.25, 0.3) is 0 Å². The summed E-state index contributed by atoms with van der Waals surface area (Å²) in [5.41, 5.74) is 0.396. The summed E-state index contributed by atoms with van der Waals surface area (Å²) in [6.07, 6.45) is 1.07. The summed E-state index contributed by atoms with van der Waals surface area (Å²) in [7, 11) is 2.93. The van der Waals surface area contributed by atoms with Gasteiger partial charge in [0.15, 0.2) is 11.6 Å². The maximum absolute atomic E-state index is 14.5. The zero-order chi connectivity index (χ0) is 18.9. The van der Waals surface area contributed by atoms with Crippen LogP contribution in [0.2, 0.25) is 0 Å². The largest absolute Gasteiger partial charge is 0.481 e. The number of pyridine rings is 1. The minimum atomic E-state index is -2.70. The Balaban J connectivity index is 1.69.